The number of nitrogens with two attached hydrogens (primary N) is 1. The average Bonchev–Trinajstić information content (AvgIpc) is 2.47. The van der Waals surface area contributed by atoms with Gasteiger partial charge in [0.05, 0.1) is 10.7 Å². The Balaban J connectivity index is 2.17. The zero-order chi connectivity index (χ0) is 14.7. The van der Waals surface area contributed by atoms with Crippen LogP contribution in [0.15, 0.2) is 5.10 Å². The third kappa shape index (κ3) is 3.34. The molecule has 3 N–H and O–H groups in total. The summed E-state index contributed by atoms with van der Waals surface area (Å²) in [4.78, 5) is 15.8. The number of nitrogens with zero attached hydrogens (tertiary/aromatic N) is 2. The Kier molecular flexibility index (Phi) is 5.07. The van der Waals surface area contributed by atoms with Gasteiger partial charge >= 0.3 is 0 Å². The highest BCUT2D eigenvalue weighted by Gasteiger charge is 2.19. The third-order valence-corrected chi connectivity index (χ3v) is 4.17. The monoisotopic (exact) mass is 334 g/mol. The summed E-state index contributed by atoms with van der Waals surface area (Å²) in [5, 5.41) is 4.03. The molecule has 1 heterocycles. The highest BCUT2D eigenvalue weighted by atomic mass is 35.5. The van der Waals surface area contributed by atoms with Crippen molar-refractivity contribution < 1.29 is 4.79 Å². The number of amides is 1. The Morgan fingerprint density at radius 2 is 1.80 bits per heavy atom. The number of aromatic nitrogens is 1. The van der Waals surface area contributed by atoms with E-state index in [4.69, 9.17) is 40.5 Å². The molecule has 8 heteroatoms. The molecule has 0 bridgehead atoms. The predicted octanol–water partition coefficient (Wildman–Crippen LogP) is 3.67. The summed E-state index contributed by atoms with van der Waals surface area (Å²) in [5.41, 5.74) is 9.00. The van der Waals surface area contributed by atoms with E-state index in [9.17, 15) is 4.79 Å². The number of rotatable bonds is 2. The van der Waals surface area contributed by atoms with Crippen LogP contribution in [0.1, 0.15) is 42.6 Å². The van der Waals surface area contributed by atoms with Crippen molar-refractivity contribution in [2.24, 2.45) is 5.10 Å². The van der Waals surface area contributed by atoms with Crippen molar-refractivity contribution in [3.05, 3.63) is 20.9 Å². The molecule has 0 unspecified atom stereocenters. The summed E-state index contributed by atoms with van der Waals surface area (Å²) in [6, 6.07) is 0. The van der Waals surface area contributed by atoms with Crippen molar-refractivity contribution in [1.29, 1.82) is 0 Å². The van der Waals surface area contributed by atoms with E-state index in [1.54, 1.807) is 0 Å². The van der Waals surface area contributed by atoms with Crippen molar-refractivity contribution in [2.45, 2.75) is 32.1 Å². The molecular weight excluding hydrogens is 323 g/mol. The summed E-state index contributed by atoms with van der Waals surface area (Å²) < 4.78 is 0. The minimum Gasteiger partial charge on any atom is -0.396 e. The number of hydrogen-bond acceptors (Lipinski definition) is 4. The van der Waals surface area contributed by atoms with Gasteiger partial charge in [-0.2, -0.15) is 5.10 Å². The molecule has 1 fully saturated rings. The normalized spacial score (nSPS) is 15.1. The fourth-order valence-corrected chi connectivity index (χ4v) is 2.53. The molecule has 0 radical (unpaired) electrons. The maximum Gasteiger partial charge on any atom is 0.291 e. The molecule has 1 aliphatic carbocycles. The van der Waals surface area contributed by atoms with Gasteiger partial charge in [-0.15, -0.1) is 0 Å². The van der Waals surface area contributed by atoms with Crippen LogP contribution in [0.25, 0.3) is 0 Å². The van der Waals surface area contributed by atoms with Gasteiger partial charge in [-0.3, -0.25) is 4.79 Å². The van der Waals surface area contributed by atoms with Crippen molar-refractivity contribution in [2.75, 3.05) is 5.73 Å². The molecule has 5 nitrogen and oxygen atoms in total. The second-order valence-corrected chi connectivity index (χ2v) is 5.59. The number of halogens is 3. The van der Waals surface area contributed by atoms with Gasteiger partial charge in [0.2, 0.25) is 0 Å². The van der Waals surface area contributed by atoms with Crippen molar-refractivity contribution in [3.63, 3.8) is 0 Å². The maximum absolute atomic E-state index is 12.0. The lowest BCUT2D eigenvalue weighted by molar-refractivity contribution is 0.0950. The first-order chi connectivity index (χ1) is 9.50. The van der Waals surface area contributed by atoms with E-state index in [2.05, 4.69) is 15.5 Å². The molecule has 1 aromatic rings. The Bertz CT molecular complexity index is 566. The lowest BCUT2D eigenvalue weighted by atomic mass is 9.99. The fourth-order valence-electron chi connectivity index (χ4n) is 1.94. The molecule has 0 spiro atoms. The van der Waals surface area contributed by atoms with E-state index in [0.717, 1.165) is 31.4 Å². The number of anilines is 1. The van der Waals surface area contributed by atoms with Crippen LogP contribution in [0.3, 0.4) is 0 Å². The van der Waals surface area contributed by atoms with Crippen LogP contribution in [0.2, 0.25) is 15.2 Å². The highest BCUT2D eigenvalue weighted by molar-refractivity contribution is 6.46. The number of hydrazone groups is 1. The molecule has 2 rings (SSSR count). The topological polar surface area (TPSA) is 80.4 Å². The first-order valence-corrected chi connectivity index (χ1v) is 7.30. The second kappa shape index (κ2) is 6.61. The zero-order valence-corrected chi connectivity index (χ0v) is 12.8. The first kappa shape index (κ1) is 15.4. The lowest BCUT2D eigenvalue weighted by Gasteiger charge is -2.12. The molecule has 0 aromatic carbocycles. The number of hydrogen-bond donors (Lipinski definition) is 2. The molecule has 1 amide bonds. The number of nitrogens with one attached hydrogen (secondary N) is 1. The lowest BCUT2D eigenvalue weighted by Crippen LogP contribution is -2.22. The predicted molar refractivity (Wildman–Crippen MR) is 81.7 cm³/mol. The van der Waals surface area contributed by atoms with Crippen molar-refractivity contribution in [1.82, 2.24) is 10.4 Å². The van der Waals surface area contributed by atoms with Gasteiger partial charge in [0.15, 0.2) is 10.8 Å². The van der Waals surface area contributed by atoms with Gasteiger partial charge in [0.25, 0.3) is 5.91 Å². The summed E-state index contributed by atoms with van der Waals surface area (Å²) in [6.07, 6.45) is 5.17. The summed E-state index contributed by atoms with van der Waals surface area (Å²) in [6.45, 7) is 0. The molecule has 20 heavy (non-hydrogen) atoms. The van der Waals surface area contributed by atoms with Gasteiger partial charge in [-0.05, 0) is 25.7 Å². The van der Waals surface area contributed by atoms with E-state index >= 15 is 0 Å². The summed E-state index contributed by atoms with van der Waals surface area (Å²) >= 11 is 17.5. The van der Waals surface area contributed by atoms with Crippen LogP contribution < -0.4 is 11.2 Å². The van der Waals surface area contributed by atoms with Crippen LogP contribution in [0.5, 0.6) is 0 Å². The van der Waals surface area contributed by atoms with Crippen molar-refractivity contribution >= 4 is 52.1 Å². The molecule has 1 aromatic heterocycles. The van der Waals surface area contributed by atoms with E-state index in [0.29, 0.717) is 0 Å². The Hall–Kier alpha value is -1.04. The Morgan fingerprint density at radius 1 is 1.15 bits per heavy atom. The van der Waals surface area contributed by atoms with Gasteiger partial charge in [-0.1, -0.05) is 41.2 Å². The number of nitrogen functional groups attached to an aromatic ring is 1. The largest absolute Gasteiger partial charge is 0.396 e. The van der Waals surface area contributed by atoms with Crippen LogP contribution >= 0.6 is 34.8 Å². The van der Waals surface area contributed by atoms with Gasteiger partial charge < -0.3 is 5.73 Å². The number of carbonyl (C=O) groups excluding carboxylic acids is 1. The SMILES string of the molecule is Nc1c(Cl)c(Cl)nc(C(=O)NN=C2CCCCC2)c1Cl. The molecular formula is C12H13Cl3N4O. The summed E-state index contributed by atoms with van der Waals surface area (Å²) in [7, 11) is 0. The fraction of sp³-hybridized carbons (Fsp3) is 0.417. The number of pyridine rings is 1. The van der Waals surface area contributed by atoms with E-state index in [1.165, 1.54) is 6.42 Å². The van der Waals surface area contributed by atoms with E-state index in [-0.39, 0.29) is 26.6 Å². The third-order valence-electron chi connectivity index (χ3n) is 3.03. The minimum absolute atomic E-state index is 0.0271. The minimum atomic E-state index is -0.557. The Morgan fingerprint density at radius 3 is 2.45 bits per heavy atom. The van der Waals surface area contributed by atoms with Crippen LogP contribution in [0.4, 0.5) is 5.69 Å². The smallest absolute Gasteiger partial charge is 0.291 e. The van der Waals surface area contributed by atoms with Gasteiger partial charge in [0, 0.05) is 5.71 Å². The molecule has 1 aliphatic rings. The van der Waals surface area contributed by atoms with Gasteiger partial charge in [0.1, 0.15) is 5.02 Å². The first-order valence-electron chi connectivity index (χ1n) is 6.16. The maximum atomic E-state index is 12.0. The molecule has 0 saturated heterocycles. The molecule has 0 atom stereocenters. The average molecular weight is 336 g/mol. The standard InChI is InChI=1S/C12H13Cl3N4O/c13-7-9(16)8(14)11(15)17-10(7)12(20)19-18-6-4-2-1-3-5-6/h1-5H2,(H2,16,17)(H,19,20). The number of carbonyl (C=O) groups is 1. The van der Waals surface area contributed by atoms with Crippen LogP contribution in [0, 0.1) is 0 Å². The second-order valence-electron chi connectivity index (χ2n) is 4.47. The van der Waals surface area contributed by atoms with Gasteiger partial charge in [-0.25, -0.2) is 10.4 Å². The Labute approximate surface area is 131 Å². The van der Waals surface area contributed by atoms with E-state index in [1.807, 2.05) is 0 Å². The highest BCUT2D eigenvalue weighted by Crippen LogP contribution is 2.34. The van der Waals surface area contributed by atoms with E-state index < -0.39 is 5.91 Å². The molecule has 1 saturated carbocycles. The van der Waals surface area contributed by atoms with Crippen molar-refractivity contribution in [3.8, 4) is 0 Å². The quantitative estimate of drug-likeness (QED) is 0.639. The summed E-state index contributed by atoms with van der Waals surface area (Å²) in [5.74, 6) is -0.557. The molecule has 108 valence electrons. The zero-order valence-electron chi connectivity index (χ0n) is 10.5. The van der Waals surface area contributed by atoms with Crippen LogP contribution in [-0.4, -0.2) is 16.6 Å². The molecule has 0 aliphatic heterocycles. The van der Waals surface area contributed by atoms with Crippen LogP contribution in [-0.2, 0) is 0 Å².